The fourth-order valence-corrected chi connectivity index (χ4v) is 1.35. The van der Waals surface area contributed by atoms with Gasteiger partial charge in [-0.2, -0.15) is 0 Å². The lowest BCUT2D eigenvalue weighted by molar-refractivity contribution is 0.898. The van der Waals surface area contributed by atoms with E-state index in [1.807, 2.05) is 6.07 Å². The molecule has 0 radical (unpaired) electrons. The minimum absolute atomic E-state index is 0.0232. The molecule has 0 aromatic carbocycles. The summed E-state index contributed by atoms with van der Waals surface area (Å²) >= 11 is 3.30. The Morgan fingerprint density at radius 3 is 3.00 bits per heavy atom. The van der Waals surface area contributed by atoms with Crippen LogP contribution in [0.25, 0.3) is 0 Å². The molecular formula is C8H10BrNO. The van der Waals surface area contributed by atoms with Crippen LogP contribution in [-0.4, -0.2) is 4.98 Å². The van der Waals surface area contributed by atoms with E-state index in [1.54, 1.807) is 6.20 Å². The molecule has 2 nitrogen and oxygen atoms in total. The highest BCUT2D eigenvalue weighted by Gasteiger charge is 1.97. The first-order valence-electron chi connectivity index (χ1n) is 3.61. The third kappa shape index (κ3) is 2.19. The Kier molecular flexibility index (Phi) is 2.88. The van der Waals surface area contributed by atoms with Crippen molar-refractivity contribution >= 4 is 15.9 Å². The van der Waals surface area contributed by atoms with Gasteiger partial charge in [0.1, 0.15) is 0 Å². The molecule has 0 aliphatic rings. The summed E-state index contributed by atoms with van der Waals surface area (Å²) in [7, 11) is 0. The van der Waals surface area contributed by atoms with E-state index in [0.29, 0.717) is 0 Å². The predicted octanol–water partition coefficient (Wildman–Crippen LogP) is 2.09. The SMILES string of the molecule is CCCc1cc(Br)c[nH]c1=O. The van der Waals surface area contributed by atoms with Gasteiger partial charge in [-0.1, -0.05) is 13.3 Å². The van der Waals surface area contributed by atoms with Gasteiger partial charge in [0.2, 0.25) is 0 Å². The van der Waals surface area contributed by atoms with Crippen molar-refractivity contribution in [1.29, 1.82) is 0 Å². The lowest BCUT2D eigenvalue weighted by Crippen LogP contribution is -2.10. The van der Waals surface area contributed by atoms with E-state index in [9.17, 15) is 4.79 Å². The van der Waals surface area contributed by atoms with E-state index in [0.717, 1.165) is 22.9 Å². The van der Waals surface area contributed by atoms with Crippen LogP contribution in [0.5, 0.6) is 0 Å². The summed E-state index contributed by atoms with van der Waals surface area (Å²) in [5.74, 6) is 0. The smallest absolute Gasteiger partial charge is 0.251 e. The average molecular weight is 216 g/mol. The van der Waals surface area contributed by atoms with Crippen molar-refractivity contribution in [3.05, 3.63) is 32.7 Å². The van der Waals surface area contributed by atoms with Crippen molar-refractivity contribution in [1.82, 2.24) is 4.98 Å². The number of aryl methyl sites for hydroxylation is 1. The second kappa shape index (κ2) is 3.72. The van der Waals surface area contributed by atoms with E-state index < -0.39 is 0 Å². The number of hydrogen-bond acceptors (Lipinski definition) is 1. The zero-order chi connectivity index (χ0) is 8.27. The number of pyridine rings is 1. The second-order valence-electron chi connectivity index (χ2n) is 2.42. The number of aromatic amines is 1. The highest BCUT2D eigenvalue weighted by molar-refractivity contribution is 9.10. The van der Waals surface area contributed by atoms with Crippen LogP contribution in [0, 0.1) is 0 Å². The van der Waals surface area contributed by atoms with Crippen molar-refractivity contribution < 1.29 is 0 Å². The molecule has 1 aromatic heterocycles. The van der Waals surface area contributed by atoms with Gasteiger partial charge in [0.15, 0.2) is 0 Å². The van der Waals surface area contributed by atoms with Gasteiger partial charge in [-0.25, -0.2) is 0 Å². The molecule has 0 saturated heterocycles. The van der Waals surface area contributed by atoms with Gasteiger partial charge in [-0.05, 0) is 28.4 Å². The Hall–Kier alpha value is -0.570. The molecule has 0 atom stereocenters. The molecule has 1 aromatic rings. The van der Waals surface area contributed by atoms with Crippen molar-refractivity contribution in [2.45, 2.75) is 19.8 Å². The van der Waals surface area contributed by atoms with Crippen LogP contribution in [0.4, 0.5) is 0 Å². The van der Waals surface area contributed by atoms with Gasteiger partial charge >= 0.3 is 0 Å². The number of hydrogen-bond donors (Lipinski definition) is 1. The summed E-state index contributed by atoms with van der Waals surface area (Å²) < 4.78 is 0.931. The lowest BCUT2D eigenvalue weighted by atomic mass is 10.2. The largest absolute Gasteiger partial charge is 0.328 e. The van der Waals surface area contributed by atoms with Crippen LogP contribution in [0.3, 0.4) is 0 Å². The number of rotatable bonds is 2. The van der Waals surface area contributed by atoms with Crippen LogP contribution < -0.4 is 5.56 Å². The number of H-pyrrole nitrogens is 1. The molecule has 1 heterocycles. The molecule has 3 heteroatoms. The number of nitrogens with one attached hydrogen (secondary N) is 1. The van der Waals surface area contributed by atoms with E-state index >= 15 is 0 Å². The molecule has 0 aliphatic carbocycles. The second-order valence-corrected chi connectivity index (χ2v) is 3.34. The van der Waals surface area contributed by atoms with Crippen LogP contribution in [0.15, 0.2) is 21.5 Å². The van der Waals surface area contributed by atoms with Crippen LogP contribution in [0.2, 0.25) is 0 Å². The van der Waals surface area contributed by atoms with Gasteiger partial charge in [0.25, 0.3) is 5.56 Å². The average Bonchev–Trinajstić information content (AvgIpc) is 1.98. The normalized spacial score (nSPS) is 10.0. The van der Waals surface area contributed by atoms with E-state index in [2.05, 4.69) is 27.8 Å². The number of halogens is 1. The Bertz CT molecular complexity index is 292. The molecule has 0 bridgehead atoms. The quantitative estimate of drug-likeness (QED) is 0.806. The molecule has 1 N–H and O–H groups in total. The topological polar surface area (TPSA) is 32.9 Å². The first-order valence-corrected chi connectivity index (χ1v) is 4.40. The van der Waals surface area contributed by atoms with Gasteiger partial charge in [0, 0.05) is 16.2 Å². The summed E-state index contributed by atoms with van der Waals surface area (Å²) in [5, 5.41) is 0. The van der Waals surface area contributed by atoms with E-state index in [-0.39, 0.29) is 5.56 Å². The molecule has 0 spiro atoms. The maximum atomic E-state index is 11.1. The fraction of sp³-hybridized carbons (Fsp3) is 0.375. The molecule has 0 unspecified atom stereocenters. The molecule has 0 amide bonds. The maximum absolute atomic E-state index is 11.1. The van der Waals surface area contributed by atoms with E-state index in [1.165, 1.54) is 0 Å². The van der Waals surface area contributed by atoms with Crippen molar-refractivity contribution in [3.63, 3.8) is 0 Å². The zero-order valence-corrected chi connectivity index (χ0v) is 7.94. The summed E-state index contributed by atoms with van der Waals surface area (Å²) in [5.41, 5.74) is 0.872. The Morgan fingerprint density at radius 1 is 1.64 bits per heavy atom. The minimum atomic E-state index is 0.0232. The molecule has 0 fully saturated rings. The van der Waals surface area contributed by atoms with Crippen LogP contribution >= 0.6 is 15.9 Å². The highest BCUT2D eigenvalue weighted by atomic mass is 79.9. The Morgan fingerprint density at radius 2 is 2.36 bits per heavy atom. The highest BCUT2D eigenvalue weighted by Crippen LogP contribution is 2.07. The molecule has 1 rings (SSSR count). The summed E-state index contributed by atoms with van der Waals surface area (Å²) in [6, 6.07) is 1.86. The molecule has 0 aliphatic heterocycles. The fourth-order valence-electron chi connectivity index (χ4n) is 0.956. The third-order valence-electron chi connectivity index (χ3n) is 1.46. The Labute approximate surface area is 73.8 Å². The van der Waals surface area contributed by atoms with Gasteiger partial charge in [-0.15, -0.1) is 0 Å². The first-order chi connectivity index (χ1) is 5.24. The van der Waals surface area contributed by atoms with E-state index in [4.69, 9.17) is 0 Å². The molecular weight excluding hydrogens is 206 g/mol. The first kappa shape index (κ1) is 8.53. The maximum Gasteiger partial charge on any atom is 0.251 e. The van der Waals surface area contributed by atoms with Gasteiger partial charge < -0.3 is 4.98 Å². The summed E-state index contributed by atoms with van der Waals surface area (Å²) in [6.45, 7) is 2.06. The lowest BCUT2D eigenvalue weighted by Gasteiger charge is -1.96. The van der Waals surface area contributed by atoms with Crippen LogP contribution in [-0.2, 0) is 6.42 Å². The molecule has 60 valence electrons. The van der Waals surface area contributed by atoms with Crippen molar-refractivity contribution in [3.8, 4) is 0 Å². The summed E-state index contributed by atoms with van der Waals surface area (Å²) in [6.07, 6.45) is 3.50. The summed E-state index contributed by atoms with van der Waals surface area (Å²) in [4.78, 5) is 13.7. The van der Waals surface area contributed by atoms with Crippen LogP contribution in [0.1, 0.15) is 18.9 Å². The number of aromatic nitrogens is 1. The van der Waals surface area contributed by atoms with Gasteiger partial charge in [-0.3, -0.25) is 4.79 Å². The predicted molar refractivity (Wildman–Crippen MR) is 48.8 cm³/mol. The standard InChI is InChI=1S/C8H10BrNO/c1-2-3-6-4-7(9)5-10-8(6)11/h4-5H,2-3H2,1H3,(H,10,11). The van der Waals surface area contributed by atoms with Crippen molar-refractivity contribution in [2.24, 2.45) is 0 Å². The molecule has 11 heavy (non-hydrogen) atoms. The Balaban J connectivity index is 3.03. The molecule has 0 saturated carbocycles. The third-order valence-corrected chi connectivity index (χ3v) is 1.92. The zero-order valence-electron chi connectivity index (χ0n) is 6.36. The van der Waals surface area contributed by atoms with Gasteiger partial charge in [0.05, 0.1) is 0 Å². The van der Waals surface area contributed by atoms with Crippen molar-refractivity contribution in [2.75, 3.05) is 0 Å². The monoisotopic (exact) mass is 215 g/mol. The minimum Gasteiger partial charge on any atom is -0.328 e.